The Hall–Kier alpha value is -12.5. The van der Waals surface area contributed by atoms with Gasteiger partial charge in [0.1, 0.15) is 47.4 Å². The third-order valence-corrected chi connectivity index (χ3v) is 21.0. The van der Waals surface area contributed by atoms with Crippen molar-refractivity contribution in [3.05, 3.63) is 133 Å². The summed E-state index contributed by atoms with van der Waals surface area (Å²) in [4.78, 5) is 76.8. The van der Waals surface area contributed by atoms with Crippen molar-refractivity contribution in [1.82, 2.24) is 49.9 Å². The van der Waals surface area contributed by atoms with Gasteiger partial charge in [-0.1, -0.05) is 30.3 Å². The van der Waals surface area contributed by atoms with Crippen LogP contribution in [0.3, 0.4) is 0 Å². The molecule has 4 aromatic heterocycles. The molecule has 2 unspecified atom stereocenters. The van der Waals surface area contributed by atoms with E-state index < -0.39 is 16.1 Å². The SMILES string of the molecule is CCOc1ccccc1OCCN[C@H](C)Cc1ccc(OC)c(S(N)(=O)=O)c1.COc1cc2nc(N3CCN(C(=O)C4CCCO4)CC3)nc(N)c2cc1OC.COc1cc2nc(N3CCN(C(=O)C4COc5ccccc5O4)CC3)nc(N)c2cc1OC.COc1cc2nc(N3CCN(C(=O)c4ccco4)CC3)nc(N)c2cc1OC. The zero-order chi connectivity index (χ0) is 82.9. The van der Waals surface area contributed by atoms with Crippen LogP contribution in [0.2, 0.25) is 0 Å². The number of nitrogens with one attached hydrogen (secondary N) is 1. The number of furan rings is 1. The topological polar surface area (TPSA) is 422 Å². The third kappa shape index (κ3) is 20.2. The predicted octanol–water partition coefficient (Wildman–Crippen LogP) is 6.90. The minimum absolute atomic E-state index is 0.00411. The molecule has 9 N–H and O–H groups in total. The van der Waals surface area contributed by atoms with Crippen LogP contribution >= 0.6 is 0 Å². The van der Waals surface area contributed by atoms with E-state index in [-0.39, 0.29) is 47.1 Å². The molecular formula is C81H99N17O18S. The van der Waals surface area contributed by atoms with E-state index in [4.69, 9.17) is 83.6 Å². The number of nitrogens with zero attached hydrogens (tertiary/aromatic N) is 12. The van der Waals surface area contributed by atoms with E-state index in [0.29, 0.717) is 237 Å². The zero-order valence-electron chi connectivity index (χ0n) is 66.9. The molecule has 36 heteroatoms. The molecule has 3 amide bonds. The molecule has 35 nitrogen and oxygen atoms in total. The van der Waals surface area contributed by atoms with E-state index >= 15 is 0 Å². The summed E-state index contributed by atoms with van der Waals surface area (Å²) in [7, 11) is 7.02. The van der Waals surface area contributed by atoms with Gasteiger partial charge in [-0.15, -0.1) is 0 Å². The quantitative estimate of drug-likeness (QED) is 0.0406. The van der Waals surface area contributed by atoms with Crippen molar-refractivity contribution in [2.75, 3.05) is 193 Å². The highest BCUT2D eigenvalue weighted by molar-refractivity contribution is 7.89. The molecule has 9 heterocycles. The molecule has 0 radical (unpaired) electrons. The monoisotopic (exact) mass is 1630 g/mol. The van der Waals surface area contributed by atoms with Crippen molar-refractivity contribution in [1.29, 1.82) is 0 Å². The first-order chi connectivity index (χ1) is 56.6. The maximum absolute atomic E-state index is 13.0. The van der Waals surface area contributed by atoms with E-state index in [1.165, 1.54) is 13.4 Å². The average Bonchev–Trinajstić information content (AvgIpc) is 0.931. The lowest BCUT2D eigenvalue weighted by molar-refractivity contribution is -0.142. The number of anilines is 6. The van der Waals surface area contributed by atoms with Gasteiger partial charge in [-0.3, -0.25) is 14.4 Å². The Bertz CT molecular complexity index is 5220. The fraction of sp³-hybridized carbons (Fsp3) is 0.395. The summed E-state index contributed by atoms with van der Waals surface area (Å²) in [6.45, 7) is 13.6. The molecule has 15 rings (SSSR count). The highest BCUT2D eigenvalue weighted by Gasteiger charge is 2.35. The van der Waals surface area contributed by atoms with Crippen LogP contribution in [-0.2, 0) is 30.8 Å². The summed E-state index contributed by atoms with van der Waals surface area (Å²) in [5.74, 6) is 9.36. The molecule has 622 valence electrons. The number of carbonyl (C=O) groups excluding carboxylic acids is 3. The molecular weight excluding hydrogens is 1530 g/mol. The van der Waals surface area contributed by atoms with Crippen LogP contribution in [0.25, 0.3) is 32.7 Å². The normalized spacial score (nSPS) is 16.2. The van der Waals surface area contributed by atoms with E-state index in [2.05, 4.69) is 35.2 Å². The highest BCUT2D eigenvalue weighted by atomic mass is 32.2. The van der Waals surface area contributed by atoms with Crippen molar-refractivity contribution in [3.8, 4) is 63.2 Å². The van der Waals surface area contributed by atoms with Gasteiger partial charge in [0.05, 0.1) is 79.2 Å². The molecule has 4 fully saturated rings. The van der Waals surface area contributed by atoms with E-state index in [1.807, 2.05) is 82.0 Å². The number of fused-ring (bicyclic) bond motifs is 4. The number of primary sulfonamides is 1. The number of hydrogen-bond donors (Lipinski definition) is 5. The molecule has 4 saturated heterocycles. The minimum Gasteiger partial charge on any atom is -0.495 e. The highest BCUT2D eigenvalue weighted by Crippen LogP contribution is 2.39. The average molecular weight is 1630 g/mol. The van der Waals surface area contributed by atoms with Crippen LogP contribution in [0, 0.1) is 0 Å². The van der Waals surface area contributed by atoms with Gasteiger partial charge < -0.3 is 113 Å². The van der Waals surface area contributed by atoms with Crippen LogP contribution in [-0.4, -0.2) is 250 Å². The lowest BCUT2D eigenvalue weighted by Crippen LogP contribution is -2.54. The van der Waals surface area contributed by atoms with Crippen molar-refractivity contribution in [2.45, 2.75) is 56.3 Å². The minimum atomic E-state index is -3.84. The smallest absolute Gasteiger partial charge is 0.289 e. The number of piperazine rings is 3. The Balaban J connectivity index is 0.000000144. The number of hydrogen-bond acceptors (Lipinski definition) is 31. The summed E-state index contributed by atoms with van der Waals surface area (Å²) in [6.07, 6.45) is 2.98. The van der Waals surface area contributed by atoms with E-state index in [0.717, 1.165) is 24.2 Å². The van der Waals surface area contributed by atoms with Crippen LogP contribution < -0.4 is 94.5 Å². The maximum atomic E-state index is 13.0. The Morgan fingerprint density at radius 2 is 0.957 bits per heavy atom. The van der Waals surface area contributed by atoms with Gasteiger partial charge >= 0.3 is 0 Å². The fourth-order valence-electron chi connectivity index (χ4n) is 13.9. The molecule has 5 aliphatic heterocycles. The Labute approximate surface area is 677 Å². The molecule has 0 bridgehead atoms. The largest absolute Gasteiger partial charge is 0.495 e. The molecule has 5 aliphatic rings. The first-order valence-corrected chi connectivity index (χ1v) is 39.7. The molecule has 0 saturated carbocycles. The Kier molecular flexibility index (Phi) is 27.8. The first-order valence-electron chi connectivity index (χ1n) is 38.1. The van der Waals surface area contributed by atoms with Crippen molar-refractivity contribution < 1.29 is 84.1 Å². The molecule has 0 aliphatic carbocycles. The number of amides is 3. The van der Waals surface area contributed by atoms with Crippen molar-refractivity contribution >= 4 is 95.8 Å². The lowest BCUT2D eigenvalue weighted by atomic mass is 10.1. The molecule has 0 spiro atoms. The third-order valence-electron chi connectivity index (χ3n) is 20.1. The van der Waals surface area contributed by atoms with Gasteiger partial charge in [0.2, 0.25) is 34.0 Å². The second-order valence-corrected chi connectivity index (χ2v) is 29.0. The van der Waals surface area contributed by atoms with Gasteiger partial charge in [0.15, 0.2) is 63.3 Å². The number of sulfonamides is 1. The molecule has 3 atom stereocenters. The number of rotatable bonds is 23. The second kappa shape index (κ2) is 38.7. The number of aromatic nitrogens is 6. The summed E-state index contributed by atoms with van der Waals surface area (Å²) in [6, 6.07) is 34.1. The Morgan fingerprint density at radius 1 is 0.513 bits per heavy atom. The van der Waals surface area contributed by atoms with Gasteiger partial charge in [-0.2, -0.15) is 15.0 Å². The maximum Gasteiger partial charge on any atom is 0.289 e. The number of para-hydroxylation sites is 4. The number of nitrogens with two attached hydrogens (primary N) is 4. The number of ether oxygens (including phenoxy) is 12. The van der Waals surface area contributed by atoms with Crippen molar-refractivity contribution in [3.63, 3.8) is 0 Å². The van der Waals surface area contributed by atoms with Crippen LogP contribution in [0.15, 0.2) is 131 Å². The summed E-state index contributed by atoms with van der Waals surface area (Å²) in [5, 5.41) is 10.7. The van der Waals surface area contributed by atoms with E-state index in [1.54, 1.807) is 119 Å². The van der Waals surface area contributed by atoms with Gasteiger partial charge in [0.25, 0.3) is 17.7 Å². The van der Waals surface area contributed by atoms with Gasteiger partial charge in [-0.25, -0.2) is 28.5 Å². The van der Waals surface area contributed by atoms with Crippen LogP contribution in [0.5, 0.6) is 63.2 Å². The van der Waals surface area contributed by atoms with E-state index in [9.17, 15) is 22.8 Å². The van der Waals surface area contributed by atoms with Crippen LogP contribution in [0.1, 0.15) is 42.8 Å². The van der Waals surface area contributed by atoms with Gasteiger partial charge in [-0.05, 0) is 105 Å². The lowest BCUT2D eigenvalue weighted by Gasteiger charge is -2.37. The van der Waals surface area contributed by atoms with Crippen molar-refractivity contribution in [2.24, 2.45) is 5.14 Å². The fourth-order valence-corrected chi connectivity index (χ4v) is 14.6. The summed E-state index contributed by atoms with van der Waals surface area (Å²) >= 11 is 0. The number of nitrogen functional groups attached to an aromatic ring is 3. The first kappa shape index (κ1) is 83.9. The summed E-state index contributed by atoms with van der Waals surface area (Å²) < 4.78 is 94.2. The Morgan fingerprint density at radius 3 is 1.39 bits per heavy atom. The number of methoxy groups -OCH3 is 7. The predicted molar refractivity (Wildman–Crippen MR) is 440 cm³/mol. The second-order valence-electron chi connectivity index (χ2n) is 27.5. The molecule has 6 aromatic carbocycles. The van der Waals surface area contributed by atoms with Crippen LogP contribution in [0.4, 0.5) is 35.3 Å². The summed E-state index contributed by atoms with van der Waals surface area (Å²) in [5.41, 5.74) is 21.5. The molecule has 10 aromatic rings. The molecule has 117 heavy (non-hydrogen) atoms. The van der Waals surface area contributed by atoms with Gasteiger partial charge in [0, 0.05) is 132 Å². The zero-order valence-corrected chi connectivity index (χ0v) is 67.7. The number of carbonyl (C=O) groups is 3. The number of benzene rings is 6. The standard InChI is InChI=1S/C23H25N5O5.C20H28N2O5S.C19H25N5O4.C19H21N5O4/c1-30-18-11-14-15(12-19(18)31-2)25-23(26-21(14)24)28-9-7-27(8-10-28)22(29)20-13-32-16-5-3-4-6-17(16)33-20;1-4-26-17-7-5-6-8-18(17)27-12-11-22-15(2)13-16-9-10-19(25-3)20(14-16)28(21,23)24;2*1-26-15-10-12-13(11-16(15)27-2)21-19(22-17(12)20)24-7-5-23(6-8-24)18(25)14-4-3-9-28-14/h3-6,11-12,20H,7-10,13H2,1-2H3,(H2,24,25,26);5-10,14-15,22H,4,11-13H2,1-3H3,(H2,21,23,24);10-11,14H,3-9H2,1-2H3,(H2,20,21,22);3-4,9-11H,5-8H2,1-2H3,(H2,20,21,22)/t;15-;;/m.1../s1.